The van der Waals surface area contributed by atoms with Gasteiger partial charge >= 0.3 is 5.97 Å². The van der Waals surface area contributed by atoms with Crippen LogP contribution in [0, 0.1) is 17.2 Å². The second kappa shape index (κ2) is 12.5. The molecule has 9 heteroatoms. The number of amides is 1. The van der Waals surface area contributed by atoms with Gasteiger partial charge in [0.05, 0.1) is 16.4 Å². The van der Waals surface area contributed by atoms with E-state index in [1.165, 1.54) is 12.1 Å². The van der Waals surface area contributed by atoms with Gasteiger partial charge in [-0.05, 0) is 99.4 Å². The van der Waals surface area contributed by atoms with Gasteiger partial charge in [0, 0.05) is 12.0 Å². The minimum absolute atomic E-state index is 0.0719. The van der Waals surface area contributed by atoms with Crippen LogP contribution in [0.3, 0.4) is 0 Å². The molecule has 218 valence electrons. The number of hydrogen-bond donors (Lipinski definition) is 3. The molecule has 0 bridgehead atoms. The topological polar surface area (TPSA) is 113 Å². The lowest BCUT2D eigenvalue weighted by molar-refractivity contribution is -0.146. The highest BCUT2D eigenvalue weighted by Crippen LogP contribution is 2.28. The first kappa shape index (κ1) is 30.4. The van der Waals surface area contributed by atoms with Crippen LogP contribution in [0.4, 0.5) is 4.39 Å². The summed E-state index contributed by atoms with van der Waals surface area (Å²) in [6, 6.07) is 19.8. The zero-order valence-electron chi connectivity index (χ0n) is 23.6. The van der Waals surface area contributed by atoms with Gasteiger partial charge in [0.2, 0.25) is 15.9 Å². The molecule has 7 nitrogen and oxygen atoms in total. The normalized spacial score (nSPS) is 18.4. The van der Waals surface area contributed by atoms with Crippen LogP contribution in [0.25, 0.3) is 11.1 Å². The molecule has 4 rings (SSSR count). The first-order chi connectivity index (χ1) is 19.3. The molecule has 0 aliphatic heterocycles. The van der Waals surface area contributed by atoms with Gasteiger partial charge in [-0.15, -0.1) is 0 Å². The quantitative estimate of drug-likeness (QED) is 0.278. The first-order valence-electron chi connectivity index (χ1n) is 13.8. The molecule has 1 amide bonds. The van der Waals surface area contributed by atoms with E-state index in [2.05, 4.69) is 10.0 Å². The molecule has 0 radical (unpaired) electrons. The van der Waals surface area contributed by atoms with E-state index in [9.17, 15) is 27.5 Å². The highest BCUT2D eigenvalue weighted by Gasteiger charge is 2.30. The van der Waals surface area contributed by atoms with Crippen LogP contribution >= 0.6 is 0 Å². The summed E-state index contributed by atoms with van der Waals surface area (Å²) in [4.78, 5) is 24.3. The molecule has 0 aromatic heterocycles. The van der Waals surface area contributed by atoms with Gasteiger partial charge in [0.25, 0.3) is 0 Å². The fraction of sp³-hybridized carbons (Fsp3) is 0.375. The van der Waals surface area contributed by atoms with E-state index in [4.69, 9.17) is 0 Å². The van der Waals surface area contributed by atoms with Gasteiger partial charge in [-0.25, -0.2) is 17.5 Å². The Labute approximate surface area is 241 Å². The Morgan fingerprint density at radius 1 is 0.902 bits per heavy atom. The average molecular weight is 581 g/mol. The monoisotopic (exact) mass is 580 g/mol. The molecule has 1 aliphatic rings. The minimum Gasteiger partial charge on any atom is -0.481 e. The Morgan fingerprint density at radius 3 is 1.98 bits per heavy atom. The molecule has 1 fully saturated rings. The molecule has 0 heterocycles. The Morgan fingerprint density at radius 2 is 1.44 bits per heavy atom. The molecular weight excluding hydrogens is 543 g/mol. The smallest absolute Gasteiger partial charge is 0.309 e. The number of carbonyl (C=O) groups excluding carboxylic acids is 1. The van der Waals surface area contributed by atoms with Crippen molar-refractivity contribution in [3.63, 3.8) is 0 Å². The number of halogens is 1. The summed E-state index contributed by atoms with van der Waals surface area (Å²) in [7, 11) is -3.73. The van der Waals surface area contributed by atoms with Crippen LogP contribution in [0.15, 0.2) is 77.7 Å². The van der Waals surface area contributed by atoms with Gasteiger partial charge in [0.15, 0.2) is 0 Å². The van der Waals surface area contributed by atoms with E-state index in [0.717, 1.165) is 22.3 Å². The summed E-state index contributed by atoms with van der Waals surface area (Å²) < 4.78 is 42.1. The van der Waals surface area contributed by atoms with E-state index >= 15 is 0 Å². The minimum atomic E-state index is -3.73. The first-order valence-corrected chi connectivity index (χ1v) is 15.3. The number of aliphatic carboxylic acids is 1. The van der Waals surface area contributed by atoms with Crippen LogP contribution in [-0.4, -0.2) is 31.4 Å². The Balaban J connectivity index is 1.30. The van der Waals surface area contributed by atoms with E-state index in [-0.39, 0.29) is 34.6 Å². The summed E-state index contributed by atoms with van der Waals surface area (Å²) in [6.07, 6.45) is 2.69. The highest BCUT2D eigenvalue weighted by molar-refractivity contribution is 7.89. The summed E-state index contributed by atoms with van der Waals surface area (Å²) in [5.74, 6) is -1.44. The van der Waals surface area contributed by atoms with Crippen LogP contribution in [0.5, 0.6) is 0 Å². The molecule has 3 aromatic rings. The van der Waals surface area contributed by atoms with Crippen molar-refractivity contribution in [2.24, 2.45) is 11.3 Å². The molecule has 1 atom stereocenters. The number of benzene rings is 3. The van der Waals surface area contributed by atoms with Gasteiger partial charge in [-0.2, -0.15) is 0 Å². The lowest BCUT2D eigenvalue weighted by Crippen LogP contribution is -2.41. The number of carbonyl (C=O) groups is 2. The molecular formula is C32H37FN2O5S. The largest absolute Gasteiger partial charge is 0.481 e. The standard InChI is InChI=1S/C32H37FN2O5S/c1-21(23-8-14-27(33)15-9-23)34-30(36)26-10-16-28(17-11-26)35-41(39,40)29-18-12-25(13-19-29)24-6-4-22(5-7-24)20-32(2,3)31(37)38/h4-9,12-15,18-19,21,26,28,35H,10-11,16-17,20H2,1-3H3,(H,34,36)(H,37,38)/t21-,26?,28?/m1/s1. The number of hydrogen-bond acceptors (Lipinski definition) is 4. The molecule has 3 aromatic carbocycles. The summed E-state index contributed by atoms with van der Waals surface area (Å²) in [5, 5.41) is 12.3. The zero-order chi connectivity index (χ0) is 29.8. The number of carboxylic acids is 1. The summed E-state index contributed by atoms with van der Waals surface area (Å²) >= 11 is 0. The van der Waals surface area contributed by atoms with Crippen molar-refractivity contribution in [3.8, 4) is 11.1 Å². The molecule has 0 saturated heterocycles. The van der Waals surface area contributed by atoms with Crippen molar-refractivity contribution >= 4 is 21.9 Å². The molecule has 41 heavy (non-hydrogen) atoms. The van der Waals surface area contributed by atoms with Gasteiger partial charge in [-0.3, -0.25) is 9.59 Å². The predicted octanol–water partition coefficient (Wildman–Crippen LogP) is 5.86. The van der Waals surface area contributed by atoms with Crippen LogP contribution in [0.1, 0.15) is 63.6 Å². The molecule has 1 saturated carbocycles. The number of rotatable bonds is 10. The maximum Gasteiger partial charge on any atom is 0.309 e. The van der Waals surface area contributed by atoms with Gasteiger partial charge in [-0.1, -0.05) is 48.5 Å². The van der Waals surface area contributed by atoms with E-state index < -0.39 is 21.4 Å². The van der Waals surface area contributed by atoms with Crippen molar-refractivity contribution in [1.29, 1.82) is 0 Å². The van der Waals surface area contributed by atoms with E-state index in [0.29, 0.717) is 32.1 Å². The van der Waals surface area contributed by atoms with Crippen molar-refractivity contribution in [2.75, 3.05) is 0 Å². The van der Waals surface area contributed by atoms with E-state index in [1.807, 2.05) is 31.2 Å². The van der Waals surface area contributed by atoms with Crippen molar-refractivity contribution in [2.45, 2.75) is 69.9 Å². The number of sulfonamides is 1. The Bertz CT molecular complexity index is 1460. The van der Waals surface area contributed by atoms with Gasteiger partial charge < -0.3 is 10.4 Å². The average Bonchev–Trinajstić information content (AvgIpc) is 2.94. The molecule has 0 unspecified atom stereocenters. The van der Waals surface area contributed by atoms with Gasteiger partial charge in [0.1, 0.15) is 5.82 Å². The SMILES string of the molecule is C[C@@H](NC(=O)C1CCC(NS(=O)(=O)c2ccc(-c3ccc(CC(C)(C)C(=O)O)cc3)cc2)CC1)c1ccc(F)cc1. The fourth-order valence-corrected chi connectivity index (χ4v) is 6.46. The third-order valence-corrected chi connectivity index (χ3v) is 9.36. The third-order valence-electron chi connectivity index (χ3n) is 7.83. The predicted molar refractivity (Wildman–Crippen MR) is 156 cm³/mol. The lowest BCUT2D eigenvalue weighted by Gasteiger charge is -2.29. The van der Waals surface area contributed by atoms with Crippen LogP contribution < -0.4 is 10.0 Å². The Kier molecular flexibility index (Phi) is 9.29. The summed E-state index contributed by atoms with van der Waals surface area (Å²) in [5.41, 5.74) is 2.64. The number of carboxylic acid groups (broad SMARTS) is 1. The molecule has 3 N–H and O–H groups in total. The Hall–Kier alpha value is -3.56. The van der Waals surface area contributed by atoms with Crippen LogP contribution in [0.2, 0.25) is 0 Å². The van der Waals surface area contributed by atoms with Crippen molar-refractivity contribution in [3.05, 3.63) is 89.7 Å². The maximum atomic E-state index is 13.2. The zero-order valence-corrected chi connectivity index (χ0v) is 24.4. The summed E-state index contributed by atoms with van der Waals surface area (Å²) in [6.45, 7) is 5.24. The number of nitrogens with one attached hydrogen (secondary N) is 2. The maximum absolute atomic E-state index is 13.2. The second-order valence-corrected chi connectivity index (χ2v) is 13.3. The molecule has 0 spiro atoms. The fourth-order valence-electron chi connectivity index (χ4n) is 5.15. The van der Waals surface area contributed by atoms with Crippen LogP contribution in [-0.2, 0) is 26.0 Å². The van der Waals surface area contributed by atoms with Crippen molar-refractivity contribution < 1.29 is 27.5 Å². The van der Waals surface area contributed by atoms with E-state index in [1.54, 1.807) is 50.2 Å². The second-order valence-electron chi connectivity index (χ2n) is 11.5. The lowest BCUT2D eigenvalue weighted by atomic mass is 9.85. The van der Waals surface area contributed by atoms with Crippen molar-refractivity contribution in [1.82, 2.24) is 10.0 Å². The molecule has 1 aliphatic carbocycles. The third kappa shape index (κ3) is 7.80. The highest BCUT2D eigenvalue weighted by atomic mass is 32.2.